The van der Waals surface area contributed by atoms with E-state index in [0.29, 0.717) is 26.2 Å². The maximum absolute atomic E-state index is 9.05. The summed E-state index contributed by atoms with van der Waals surface area (Å²) in [5.41, 5.74) is 2.24. The third kappa shape index (κ3) is 6.71. The zero-order valence-electron chi connectivity index (χ0n) is 14.2. The van der Waals surface area contributed by atoms with Crippen LogP contribution in [-0.2, 0) is 22.7 Å². The molecule has 0 amide bonds. The van der Waals surface area contributed by atoms with Crippen molar-refractivity contribution in [2.45, 2.75) is 32.2 Å². The van der Waals surface area contributed by atoms with E-state index in [1.54, 1.807) is 7.11 Å². The molecule has 4 nitrogen and oxygen atoms in total. The number of methoxy groups -OCH3 is 1. The first-order valence-electron chi connectivity index (χ1n) is 8.29. The maximum atomic E-state index is 9.05. The van der Waals surface area contributed by atoms with Crippen LogP contribution in [0.3, 0.4) is 0 Å². The summed E-state index contributed by atoms with van der Waals surface area (Å²) in [5, 5.41) is 9.05. The Bertz CT molecular complexity index is 554. The molecule has 0 radical (unpaired) electrons. The lowest BCUT2D eigenvalue weighted by atomic mass is 10.2. The molecule has 0 spiro atoms. The molecule has 0 aromatic heterocycles. The number of hydrogen-bond donors (Lipinski definition) is 1. The van der Waals surface area contributed by atoms with E-state index in [2.05, 4.69) is 0 Å². The third-order valence-electron chi connectivity index (χ3n) is 3.74. The van der Waals surface area contributed by atoms with E-state index >= 15 is 0 Å². The fourth-order valence-corrected chi connectivity index (χ4v) is 2.35. The third-order valence-corrected chi connectivity index (χ3v) is 3.74. The lowest BCUT2D eigenvalue weighted by Gasteiger charge is -2.18. The van der Waals surface area contributed by atoms with E-state index < -0.39 is 0 Å². The lowest BCUT2D eigenvalue weighted by Crippen LogP contribution is -2.20. The summed E-state index contributed by atoms with van der Waals surface area (Å²) in [6.07, 6.45) is 1.46. The molecule has 0 aliphatic carbocycles. The molecule has 0 bridgehead atoms. The smallest absolute Gasteiger partial charge is 0.118 e. The largest absolute Gasteiger partial charge is 0.497 e. The summed E-state index contributed by atoms with van der Waals surface area (Å²) >= 11 is 0. The van der Waals surface area contributed by atoms with Gasteiger partial charge in [0.15, 0.2) is 0 Å². The van der Waals surface area contributed by atoms with Gasteiger partial charge in [0.25, 0.3) is 0 Å². The monoisotopic (exact) mass is 330 g/mol. The van der Waals surface area contributed by atoms with Crippen LogP contribution in [0, 0.1) is 0 Å². The molecule has 24 heavy (non-hydrogen) atoms. The summed E-state index contributed by atoms with van der Waals surface area (Å²) in [7, 11) is 1.65. The number of hydrogen-bond acceptors (Lipinski definition) is 4. The van der Waals surface area contributed by atoms with Gasteiger partial charge in [-0.2, -0.15) is 0 Å². The van der Waals surface area contributed by atoms with E-state index in [1.165, 1.54) is 0 Å². The molecule has 2 rings (SSSR count). The van der Waals surface area contributed by atoms with Crippen LogP contribution < -0.4 is 4.74 Å². The summed E-state index contributed by atoms with van der Waals surface area (Å²) < 4.78 is 16.9. The SMILES string of the molecule is COc1ccc(CO[C@@H](CCCO)COCc2ccccc2)cc1. The average Bonchev–Trinajstić information content (AvgIpc) is 2.64. The van der Waals surface area contributed by atoms with Crippen LogP contribution in [-0.4, -0.2) is 31.5 Å². The van der Waals surface area contributed by atoms with E-state index in [0.717, 1.165) is 23.3 Å². The van der Waals surface area contributed by atoms with Crippen molar-refractivity contribution in [3.63, 3.8) is 0 Å². The molecule has 2 aromatic rings. The molecule has 0 aliphatic rings. The van der Waals surface area contributed by atoms with Gasteiger partial charge in [-0.25, -0.2) is 0 Å². The van der Waals surface area contributed by atoms with E-state index in [-0.39, 0.29) is 12.7 Å². The molecule has 1 N–H and O–H groups in total. The molecule has 2 aromatic carbocycles. The van der Waals surface area contributed by atoms with Crippen molar-refractivity contribution in [1.29, 1.82) is 0 Å². The van der Waals surface area contributed by atoms with Crippen molar-refractivity contribution >= 4 is 0 Å². The Balaban J connectivity index is 1.78. The molecule has 4 heteroatoms. The Hall–Kier alpha value is -1.88. The molecule has 130 valence electrons. The molecule has 0 fully saturated rings. The Morgan fingerprint density at radius 3 is 2.29 bits per heavy atom. The molecule has 0 heterocycles. The molecule has 0 saturated heterocycles. The van der Waals surface area contributed by atoms with Gasteiger partial charge in [0.1, 0.15) is 5.75 Å². The van der Waals surface area contributed by atoms with Gasteiger partial charge in [-0.1, -0.05) is 42.5 Å². The zero-order chi connectivity index (χ0) is 17.0. The molecule has 0 aliphatic heterocycles. The second-order valence-electron chi connectivity index (χ2n) is 5.65. The highest BCUT2D eigenvalue weighted by Gasteiger charge is 2.10. The van der Waals surface area contributed by atoms with Crippen molar-refractivity contribution in [2.75, 3.05) is 20.3 Å². The van der Waals surface area contributed by atoms with Gasteiger partial charge in [0.05, 0.1) is 33.0 Å². The Morgan fingerprint density at radius 1 is 0.917 bits per heavy atom. The highest BCUT2D eigenvalue weighted by molar-refractivity contribution is 5.26. The van der Waals surface area contributed by atoms with Gasteiger partial charge in [-0.3, -0.25) is 0 Å². The van der Waals surface area contributed by atoms with Gasteiger partial charge >= 0.3 is 0 Å². The first-order chi connectivity index (χ1) is 11.8. The summed E-state index contributed by atoms with van der Waals surface area (Å²) in [4.78, 5) is 0. The minimum absolute atomic E-state index is 0.0250. The van der Waals surface area contributed by atoms with Crippen molar-refractivity contribution < 1.29 is 19.3 Å². The number of benzene rings is 2. The zero-order valence-corrected chi connectivity index (χ0v) is 14.2. The minimum Gasteiger partial charge on any atom is -0.497 e. The van der Waals surface area contributed by atoms with Gasteiger partial charge in [0, 0.05) is 6.61 Å². The summed E-state index contributed by atoms with van der Waals surface area (Å²) in [6, 6.07) is 17.9. The lowest BCUT2D eigenvalue weighted by molar-refractivity contribution is -0.0355. The molecular formula is C20H26O4. The average molecular weight is 330 g/mol. The van der Waals surface area contributed by atoms with Crippen molar-refractivity contribution in [3.05, 3.63) is 65.7 Å². The fraction of sp³-hybridized carbons (Fsp3) is 0.400. The Labute approximate surface area is 144 Å². The van der Waals surface area contributed by atoms with E-state index in [1.807, 2.05) is 54.6 Å². The predicted octanol–water partition coefficient (Wildman–Crippen LogP) is 3.57. The highest BCUT2D eigenvalue weighted by Crippen LogP contribution is 2.14. The van der Waals surface area contributed by atoms with Crippen LogP contribution >= 0.6 is 0 Å². The molecule has 1 atom stereocenters. The van der Waals surface area contributed by atoms with Crippen molar-refractivity contribution in [1.82, 2.24) is 0 Å². The number of aliphatic hydroxyl groups excluding tert-OH is 1. The maximum Gasteiger partial charge on any atom is 0.118 e. The highest BCUT2D eigenvalue weighted by atomic mass is 16.5. The number of rotatable bonds is 11. The normalized spacial score (nSPS) is 12.1. The second kappa shape index (κ2) is 10.8. The van der Waals surface area contributed by atoms with Crippen LogP contribution in [0.2, 0.25) is 0 Å². The number of ether oxygens (including phenoxy) is 3. The van der Waals surface area contributed by atoms with Crippen LogP contribution in [0.25, 0.3) is 0 Å². The standard InChI is InChI=1S/C20H26O4/c1-22-19-11-9-18(10-12-19)15-24-20(8-5-13-21)16-23-14-17-6-3-2-4-7-17/h2-4,6-7,9-12,20-21H,5,8,13-16H2,1H3/t20-/m0/s1. The number of aliphatic hydroxyl groups is 1. The van der Waals surface area contributed by atoms with Gasteiger partial charge in [0.2, 0.25) is 0 Å². The first-order valence-corrected chi connectivity index (χ1v) is 8.29. The molecule has 0 unspecified atom stereocenters. The van der Waals surface area contributed by atoms with Gasteiger partial charge < -0.3 is 19.3 Å². The van der Waals surface area contributed by atoms with E-state index in [9.17, 15) is 0 Å². The van der Waals surface area contributed by atoms with Crippen molar-refractivity contribution in [2.24, 2.45) is 0 Å². The quantitative estimate of drug-likeness (QED) is 0.684. The second-order valence-corrected chi connectivity index (χ2v) is 5.65. The van der Waals surface area contributed by atoms with Crippen LogP contribution in [0.5, 0.6) is 5.75 Å². The molecular weight excluding hydrogens is 304 g/mol. The summed E-state index contributed by atoms with van der Waals surface area (Å²) in [5.74, 6) is 0.835. The fourth-order valence-electron chi connectivity index (χ4n) is 2.35. The van der Waals surface area contributed by atoms with E-state index in [4.69, 9.17) is 19.3 Å². The Kier molecular flexibility index (Phi) is 8.32. The van der Waals surface area contributed by atoms with Crippen molar-refractivity contribution in [3.8, 4) is 5.75 Å². The van der Waals surface area contributed by atoms with Crippen LogP contribution in [0.1, 0.15) is 24.0 Å². The topological polar surface area (TPSA) is 47.9 Å². The minimum atomic E-state index is -0.0250. The summed E-state index contributed by atoms with van der Waals surface area (Å²) in [6.45, 7) is 1.78. The van der Waals surface area contributed by atoms with Gasteiger partial charge in [-0.05, 0) is 36.1 Å². The Morgan fingerprint density at radius 2 is 1.62 bits per heavy atom. The predicted molar refractivity (Wildman–Crippen MR) is 94.0 cm³/mol. The first kappa shape index (κ1) is 18.5. The van der Waals surface area contributed by atoms with Crippen LogP contribution in [0.4, 0.5) is 0 Å². The molecule has 0 saturated carbocycles. The van der Waals surface area contributed by atoms with Gasteiger partial charge in [-0.15, -0.1) is 0 Å². The van der Waals surface area contributed by atoms with Crippen LogP contribution in [0.15, 0.2) is 54.6 Å².